The van der Waals surface area contributed by atoms with Crippen molar-refractivity contribution in [2.24, 2.45) is 5.10 Å². The lowest BCUT2D eigenvalue weighted by Crippen LogP contribution is -2.37. The third-order valence-corrected chi connectivity index (χ3v) is 6.54. The first-order chi connectivity index (χ1) is 16.1. The van der Waals surface area contributed by atoms with E-state index in [4.69, 9.17) is 11.6 Å². The maximum atomic E-state index is 12.3. The van der Waals surface area contributed by atoms with Gasteiger partial charge in [-0.15, -0.1) is 16.7 Å². The van der Waals surface area contributed by atoms with Crippen LogP contribution in [0.5, 0.6) is 0 Å². The van der Waals surface area contributed by atoms with Gasteiger partial charge in [-0.05, 0) is 18.6 Å². The first kappa shape index (κ1) is 27.4. The summed E-state index contributed by atoms with van der Waals surface area (Å²) >= 11 is 6.18. The van der Waals surface area contributed by atoms with Crippen molar-refractivity contribution in [3.63, 3.8) is 0 Å². The van der Waals surface area contributed by atoms with Gasteiger partial charge in [-0.25, -0.2) is 0 Å². The van der Waals surface area contributed by atoms with Crippen molar-refractivity contribution in [1.29, 1.82) is 0 Å². The van der Waals surface area contributed by atoms with E-state index in [9.17, 15) is 9.59 Å². The molecule has 2 amide bonds. The number of anilines is 1. The molecule has 1 unspecified atom stereocenters. The van der Waals surface area contributed by atoms with Crippen molar-refractivity contribution < 1.29 is 9.59 Å². The molecule has 6 heteroatoms. The summed E-state index contributed by atoms with van der Waals surface area (Å²) in [5.41, 5.74) is 0.639. The number of nitrogens with zero attached hydrogens (tertiary/aromatic N) is 2. The Morgan fingerprint density at radius 2 is 1.33 bits per heavy atom. The maximum Gasteiger partial charge on any atom is 0.273 e. The first-order valence-electron chi connectivity index (χ1n) is 13.0. The van der Waals surface area contributed by atoms with Crippen LogP contribution in [-0.2, 0) is 9.59 Å². The molecule has 1 aromatic rings. The average Bonchev–Trinajstić information content (AvgIpc) is 3.10. The van der Waals surface area contributed by atoms with Crippen LogP contribution >= 0.6 is 11.6 Å². The minimum atomic E-state index is -0.949. The van der Waals surface area contributed by atoms with Crippen molar-refractivity contribution in [2.75, 3.05) is 5.01 Å². The van der Waals surface area contributed by atoms with E-state index in [0.717, 1.165) is 12.8 Å². The molecule has 5 nitrogen and oxygen atoms in total. The summed E-state index contributed by atoms with van der Waals surface area (Å²) in [5, 5.41) is 7.25. The van der Waals surface area contributed by atoms with Crippen LogP contribution in [0.3, 0.4) is 0 Å². The molecule has 0 fully saturated rings. The zero-order valence-electron chi connectivity index (χ0n) is 20.4. The Bertz CT molecular complexity index is 723. The van der Waals surface area contributed by atoms with E-state index in [-0.39, 0.29) is 17.6 Å². The minimum Gasteiger partial charge on any atom is -0.311 e. The third kappa shape index (κ3) is 10.7. The first-order valence-corrected chi connectivity index (χ1v) is 13.5. The zero-order valence-corrected chi connectivity index (χ0v) is 21.1. The van der Waals surface area contributed by atoms with E-state index in [0.29, 0.717) is 12.1 Å². The highest BCUT2D eigenvalue weighted by atomic mass is 35.5. The molecule has 184 valence electrons. The number of rotatable bonds is 17. The van der Waals surface area contributed by atoms with Crippen LogP contribution in [0.15, 0.2) is 35.4 Å². The van der Waals surface area contributed by atoms with Crippen LogP contribution in [-0.4, -0.2) is 23.0 Å². The number of hydrogen-bond donors (Lipinski definition) is 1. The molecule has 1 atom stereocenters. The topological polar surface area (TPSA) is 61.8 Å². The number of hydrazone groups is 1. The largest absolute Gasteiger partial charge is 0.311 e. The summed E-state index contributed by atoms with van der Waals surface area (Å²) in [6.45, 7) is 2.27. The molecule has 1 aliphatic rings. The lowest BCUT2D eigenvalue weighted by Gasteiger charge is -2.10. The maximum absolute atomic E-state index is 12.3. The number of para-hydroxylation sites is 1. The molecule has 0 bridgehead atoms. The number of carbonyl (C=O) groups excluding carboxylic acids is 2. The molecule has 0 saturated heterocycles. The van der Waals surface area contributed by atoms with E-state index in [1.54, 1.807) is 12.1 Å². The highest BCUT2D eigenvalue weighted by Crippen LogP contribution is 2.22. The van der Waals surface area contributed by atoms with E-state index in [2.05, 4.69) is 17.3 Å². The monoisotopic (exact) mass is 475 g/mol. The molecule has 0 aromatic heterocycles. The second-order valence-electron chi connectivity index (χ2n) is 9.08. The van der Waals surface area contributed by atoms with Crippen molar-refractivity contribution in [1.82, 2.24) is 5.32 Å². The molecule has 0 aliphatic carbocycles. The number of unbranched alkanes of at least 4 members (excludes halogenated alkanes) is 14. The van der Waals surface area contributed by atoms with E-state index < -0.39 is 5.38 Å². The predicted octanol–water partition coefficient (Wildman–Crippen LogP) is 7.33. The highest BCUT2D eigenvalue weighted by molar-refractivity contribution is 6.46. The molecule has 0 radical (unpaired) electrons. The van der Waals surface area contributed by atoms with Gasteiger partial charge >= 0.3 is 0 Å². The predicted molar refractivity (Wildman–Crippen MR) is 139 cm³/mol. The van der Waals surface area contributed by atoms with E-state index in [1.807, 2.05) is 18.2 Å². The number of benzene rings is 1. The standard InChI is InChI=1S/C27H42ClN3O2/c1-2-3-4-5-6-7-8-9-10-11-12-13-14-15-19-22-24(32)29-26-25(28)27(33)31(30-26)23-20-17-16-18-21-23/h16-18,20-21,25H,2-15,19,22H2,1H3,(H,29,30,32). The van der Waals surface area contributed by atoms with Gasteiger partial charge in [-0.1, -0.05) is 115 Å². The SMILES string of the molecule is CCCCCCCCCCCCCCCCCC(=O)NC1=NN(c2ccccc2)C(=O)C1Cl. The number of amidine groups is 1. The van der Waals surface area contributed by atoms with Crippen LogP contribution in [0.25, 0.3) is 0 Å². The molecular formula is C27H42ClN3O2. The Kier molecular flexibility index (Phi) is 13.8. The van der Waals surface area contributed by atoms with Gasteiger partial charge in [-0.2, -0.15) is 5.01 Å². The van der Waals surface area contributed by atoms with Gasteiger partial charge in [0, 0.05) is 6.42 Å². The second-order valence-corrected chi connectivity index (χ2v) is 9.52. The quantitative estimate of drug-likeness (QED) is 0.189. The average molecular weight is 476 g/mol. The van der Waals surface area contributed by atoms with Gasteiger partial charge in [0.25, 0.3) is 5.91 Å². The fourth-order valence-electron chi connectivity index (χ4n) is 4.14. The summed E-state index contributed by atoms with van der Waals surface area (Å²) in [5.74, 6) is -0.251. The van der Waals surface area contributed by atoms with Gasteiger partial charge < -0.3 is 5.32 Å². The Morgan fingerprint density at radius 1 is 0.848 bits per heavy atom. The lowest BCUT2D eigenvalue weighted by atomic mass is 10.0. The van der Waals surface area contributed by atoms with Crippen molar-refractivity contribution in [2.45, 2.75) is 115 Å². The summed E-state index contributed by atoms with van der Waals surface area (Å²) in [7, 11) is 0. The van der Waals surface area contributed by atoms with Gasteiger partial charge in [0.2, 0.25) is 5.91 Å². The van der Waals surface area contributed by atoms with Crippen LogP contribution in [0, 0.1) is 0 Å². The van der Waals surface area contributed by atoms with Crippen LogP contribution in [0.2, 0.25) is 0 Å². The fourth-order valence-corrected chi connectivity index (χ4v) is 4.33. The second kappa shape index (κ2) is 16.7. The number of alkyl halides is 1. The van der Waals surface area contributed by atoms with Gasteiger partial charge in [0.15, 0.2) is 11.2 Å². The molecule has 1 N–H and O–H groups in total. The molecule has 0 saturated carbocycles. The van der Waals surface area contributed by atoms with Gasteiger partial charge in [0.1, 0.15) is 0 Å². The summed E-state index contributed by atoms with van der Waals surface area (Å²) < 4.78 is 0. The van der Waals surface area contributed by atoms with Crippen molar-refractivity contribution in [3.05, 3.63) is 30.3 Å². The molecule has 1 heterocycles. The van der Waals surface area contributed by atoms with Crippen molar-refractivity contribution in [3.8, 4) is 0 Å². The highest BCUT2D eigenvalue weighted by Gasteiger charge is 2.36. The van der Waals surface area contributed by atoms with Crippen LogP contribution in [0.4, 0.5) is 5.69 Å². The van der Waals surface area contributed by atoms with Crippen LogP contribution < -0.4 is 10.3 Å². The number of amides is 2. The van der Waals surface area contributed by atoms with Gasteiger partial charge in [-0.3, -0.25) is 9.59 Å². The van der Waals surface area contributed by atoms with E-state index in [1.165, 1.54) is 88.5 Å². The zero-order chi connectivity index (χ0) is 23.7. The minimum absolute atomic E-state index is 0.128. The van der Waals surface area contributed by atoms with Crippen LogP contribution in [0.1, 0.15) is 110 Å². The third-order valence-electron chi connectivity index (χ3n) is 6.15. The molecule has 1 aliphatic heterocycles. The normalized spacial score (nSPS) is 15.7. The summed E-state index contributed by atoms with van der Waals surface area (Å²) in [4.78, 5) is 24.6. The lowest BCUT2D eigenvalue weighted by molar-refractivity contribution is -0.119. The Hall–Kier alpha value is -1.88. The number of nitrogens with one attached hydrogen (secondary N) is 1. The summed E-state index contributed by atoms with van der Waals surface area (Å²) in [6.07, 6.45) is 19.9. The fraction of sp³-hybridized carbons (Fsp3) is 0.667. The molecule has 2 rings (SSSR count). The molecule has 0 spiro atoms. The molecule has 33 heavy (non-hydrogen) atoms. The Balaban J connectivity index is 1.46. The number of hydrogen-bond acceptors (Lipinski definition) is 3. The van der Waals surface area contributed by atoms with Gasteiger partial charge in [0.05, 0.1) is 5.69 Å². The molecular weight excluding hydrogens is 434 g/mol. The number of carbonyl (C=O) groups is 2. The smallest absolute Gasteiger partial charge is 0.273 e. The Morgan fingerprint density at radius 3 is 1.85 bits per heavy atom. The van der Waals surface area contributed by atoms with E-state index >= 15 is 0 Å². The van der Waals surface area contributed by atoms with Crippen molar-refractivity contribution >= 4 is 34.9 Å². The molecule has 1 aromatic carbocycles. The number of halogens is 1. The Labute approximate surface area is 205 Å². The summed E-state index contributed by atoms with van der Waals surface area (Å²) in [6, 6.07) is 9.09.